The van der Waals surface area contributed by atoms with Gasteiger partial charge in [-0.3, -0.25) is 9.48 Å². The Kier molecular flexibility index (Phi) is 6.74. The van der Waals surface area contributed by atoms with Gasteiger partial charge in [-0.25, -0.2) is 0 Å². The Morgan fingerprint density at radius 1 is 1.52 bits per heavy atom. The van der Waals surface area contributed by atoms with Crippen molar-refractivity contribution in [3.63, 3.8) is 0 Å². The Morgan fingerprint density at radius 2 is 2.19 bits per heavy atom. The average Bonchev–Trinajstić information content (AvgIpc) is 2.66. The van der Waals surface area contributed by atoms with Gasteiger partial charge in [0.15, 0.2) is 0 Å². The molecule has 0 aromatic carbocycles. The van der Waals surface area contributed by atoms with Crippen LogP contribution in [0.15, 0.2) is 11.1 Å². The Hall–Kier alpha value is -1.01. The number of nitrogens with two attached hydrogens (primary N) is 1. The number of carbonyl (C=O) groups is 1. The molecule has 1 rings (SSSR count). The number of thioether (sulfide) groups is 1. The lowest BCUT2D eigenvalue weighted by molar-refractivity contribution is -0.124. The molecule has 0 aliphatic rings. The molecule has 1 aromatic rings. The van der Waals surface area contributed by atoms with Crippen molar-refractivity contribution >= 4 is 17.7 Å². The van der Waals surface area contributed by atoms with E-state index in [1.165, 1.54) is 5.03 Å². The van der Waals surface area contributed by atoms with Crippen LogP contribution in [0.2, 0.25) is 0 Å². The van der Waals surface area contributed by atoms with Gasteiger partial charge in [-0.15, -0.1) is 11.8 Å². The van der Waals surface area contributed by atoms with Crippen LogP contribution in [0, 0.1) is 6.92 Å². The van der Waals surface area contributed by atoms with E-state index in [0.717, 1.165) is 30.7 Å². The van der Waals surface area contributed by atoms with E-state index in [1.807, 2.05) is 39.4 Å². The van der Waals surface area contributed by atoms with Crippen molar-refractivity contribution in [3.05, 3.63) is 11.8 Å². The van der Waals surface area contributed by atoms with Gasteiger partial charge in [0, 0.05) is 13.1 Å². The van der Waals surface area contributed by atoms with Crippen molar-refractivity contribution in [2.45, 2.75) is 63.6 Å². The lowest BCUT2D eigenvalue weighted by Gasteiger charge is -2.29. The number of carbonyl (C=O) groups excluding carboxylic acids is 1. The van der Waals surface area contributed by atoms with Crippen LogP contribution in [-0.4, -0.2) is 33.0 Å². The van der Waals surface area contributed by atoms with Gasteiger partial charge in [0.05, 0.1) is 16.3 Å². The molecule has 3 N–H and O–H groups in total. The van der Waals surface area contributed by atoms with Gasteiger partial charge >= 0.3 is 0 Å². The molecule has 0 saturated carbocycles. The third-order valence-electron chi connectivity index (χ3n) is 3.43. The number of aryl methyl sites for hydroxylation is 2. The monoisotopic (exact) mass is 312 g/mol. The van der Waals surface area contributed by atoms with E-state index in [1.54, 1.807) is 11.8 Å². The summed E-state index contributed by atoms with van der Waals surface area (Å²) in [6.07, 6.45) is 2.80. The molecule has 0 spiro atoms. The molecule has 0 aliphatic heterocycles. The fourth-order valence-electron chi connectivity index (χ4n) is 2.38. The quantitative estimate of drug-likeness (QED) is 0.542. The van der Waals surface area contributed by atoms with Crippen molar-refractivity contribution < 1.29 is 4.79 Å². The smallest absolute Gasteiger partial charge is 0.237 e. The maximum atomic E-state index is 11.6. The largest absolute Gasteiger partial charge is 0.368 e. The fraction of sp³-hybridized carbons (Fsp3) is 0.733. The van der Waals surface area contributed by atoms with Gasteiger partial charge in [-0.2, -0.15) is 5.10 Å². The Bertz CT molecular complexity index is 472. The minimum absolute atomic E-state index is 0.245. The highest BCUT2D eigenvalue weighted by molar-refractivity contribution is 7.99. The molecule has 1 aromatic heterocycles. The molecule has 0 aliphatic carbocycles. The number of amides is 1. The number of unbranched alkanes of at least 4 members (excludes halogenated alkanes) is 1. The standard InChI is InChI=1S/C15H28N4OS/c1-11(2)17-15(4,14(16)20)8-6-7-9-21-13-10-12(3)18-19(13)5/h10-11,17H,6-9H2,1-5H3,(H2,16,20). The van der Waals surface area contributed by atoms with Crippen LogP contribution in [0.3, 0.4) is 0 Å². The second-order valence-electron chi connectivity index (χ2n) is 6.05. The SMILES string of the molecule is Cc1cc(SCCCCC(C)(NC(C)C)C(N)=O)n(C)n1. The normalized spacial score (nSPS) is 14.4. The molecule has 120 valence electrons. The van der Waals surface area contributed by atoms with Gasteiger partial charge in [-0.1, -0.05) is 6.42 Å². The van der Waals surface area contributed by atoms with Crippen LogP contribution in [0.25, 0.3) is 0 Å². The number of nitrogens with zero attached hydrogens (tertiary/aromatic N) is 2. The molecule has 0 bridgehead atoms. The summed E-state index contributed by atoms with van der Waals surface area (Å²) in [5.41, 5.74) is 5.96. The van der Waals surface area contributed by atoms with Gasteiger partial charge < -0.3 is 11.1 Å². The summed E-state index contributed by atoms with van der Waals surface area (Å²) in [4.78, 5) is 11.6. The summed E-state index contributed by atoms with van der Waals surface area (Å²) < 4.78 is 1.91. The first kappa shape index (κ1) is 18.0. The maximum Gasteiger partial charge on any atom is 0.237 e. The van der Waals surface area contributed by atoms with Crippen LogP contribution in [0.4, 0.5) is 0 Å². The summed E-state index contributed by atoms with van der Waals surface area (Å²) in [6, 6.07) is 2.34. The molecule has 1 heterocycles. The average molecular weight is 312 g/mol. The lowest BCUT2D eigenvalue weighted by Crippen LogP contribution is -2.55. The maximum absolute atomic E-state index is 11.6. The third-order valence-corrected chi connectivity index (χ3v) is 4.60. The first-order valence-corrected chi connectivity index (χ1v) is 8.44. The van der Waals surface area contributed by atoms with E-state index in [2.05, 4.69) is 16.5 Å². The molecular formula is C15H28N4OS. The van der Waals surface area contributed by atoms with Crippen LogP contribution < -0.4 is 11.1 Å². The Balaban J connectivity index is 2.35. The van der Waals surface area contributed by atoms with Crippen molar-refractivity contribution in [2.75, 3.05) is 5.75 Å². The zero-order chi connectivity index (χ0) is 16.0. The zero-order valence-electron chi connectivity index (χ0n) is 13.8. The second-order valence-corrected chi connectivity index (χ2v) is 7.16. The first-order chi connectivity index (χ1) is 9.74. The number of hydrogen-bond acceptors (Lipinski definition) is 4. The van der Waals surface area contributed by atoms with E-state index in [-0.39, 0.29) is 11.9 Å². The predicted molar refractivity (Wildman–Crippen MR) is 88.4 cm³/mol. The van der Waals surface area contributed by atoms with Crippen molar-refractivity contribution in [1.29, 1.82) is 0 Å². The molecule has 6 heteroatoms. The summed E-state index contributed by atoms with van der Waals surface area (Å²) in [5, 5.41) is 8.80. The van der Waals surface area contributed by atoms with Gasteiger partial charge in [0.1, 0.15) is 0 Å². The molecule has 21 heavy (non-hydrogen) atoms. The van der Waals surface area contributed by atoms with Crippen molar-refractivity contribution in [2.24, 2.45) is 12.8 Å². The van der Waals surface area contributed by atoms with Crippen LogP contribution >= 0.6 is 11.8 Å². The summed E-state index contributed by atoms with van der Waals surface area (Å²) in [5.74, 6) is 0.751. The molecule has 5 nitrogen and oxygen atoms in total. The number of rotatable bonds is 9. The van der Waals surface area contributed by atoms with Crippen LogP contribution in [-0.2, 0) is 11.8 Å². The highest BCUT2D eigenvalue weighted by Crippen LogP contribution is 2.21. The third kappa shape index (κ3) is 5.71. The van der Waals surface area contributed by atoms with Crippen LogP contribution in [0.5, 0.6) is 0 Å². The first-order valence-electron chi connectivity index (χ1n) is 7.45. The second kappa shape index (κ2) is 7.84. The van der Waals surface area contributed by atoms with E-state index in [0.29, 0.717) is 0 Å². The predicted octanol–water partition coefficient (Wildman–Crippen LogP) is 2.23. The highest BCUT2D eigenvalue weighted by Gasteiger charge is 2.30. The Morgan fingerprint density at radius 3 is 2.67 bits per heavy atom. The van der Waals surface area contributed by atoms with E-state index in [9.17, 15) is 4.79 Å². The number of primary amides is 1. The minimum atomic E-state index is -0.609. The number of aromatic nitrogens is 2. The van der Waals surface area contributed by atoms with Gasteiger partial charge in [-0.05, 0) is 52.4 Å². The van der Waals surface area contributed by atoms with Crippen molar-refractivity contribution in [3.8, 4) is 0 Å². The van der Waals surface area contributed by atoms with Crippen molar-refractivity contribution in [1.82, 2.24) is 15.1 Å². The molecule has 1 unspecified atom stereocenters. The van der Waals surface area contributed by atoms with Gasteiger partial charge in [0.25, 0.3) is 0 Å². The van der Waals surface area contributed by atoms with E-state index in [4.69, 9.17) is 5.73 Å². The topological polar surface area (TPSA) is 72.9 Å². The highest BCUT2D eigenvalue weighted by atomic mass is 32.2. The molecule has 1 amide bonds. The molecule has 0 radical (unpaired) electrons. The Labute approximate surface area is 132 Å². The summed E-state index contributed by atoms with van der Waals surface area (Å²) in [7, 11) is 1.96. The molecule has 0 saturated heterocycles. The summed E-state index contributed by atoms with van der Waals surface area (Å²) >= 11 is 1.80. The molecule has 1 atom stereocenters. The molecular weight excluding hydrogens is 284 g/mol. The molecule has 0 fully saturated rings. The number of hydrogen-bond donors (Lipinski definition) is 2. The van der Waals surface area contributed by atoms with Gasteiger partial charge in [0.2, 0.25) is 5.91 Å². The van der Waals surface area contributed by atoms with E-state index < -0.39 is 5.54 Å². The fourth-order valence-corrected chi connectivity index (χ4v) is 3.42. The zero-order valence-corrected chi connectivity index (χ0v) is 14.6. The lowest BCUT2D eigenvalue weighted by atomic mass is 9.93. The van der Waals surface area contributed by atoms with Crippen LogP contribution in [0.1, 0.15) is 45.7 Å². The minimum Gasteiger partial charge on any atom is -0.368 e. The number of nitrogens with one attached hydrogen (secondary N) is 1. The van der Waals surface area contributed by atoms with E-state index >= 15 is 0 Å². The summed E-state index contributed by atoms with van der Waals surface area (Å²) in [6.45, 7) is 7.95.